The molecular formula is C21H26ClFN4O. The van der Waals surface area contributed by atoms with Crippen LogP contribution in [0.4, 0.5) is 4.39 Å². The van der Waals surface area contributed by atoms with Crippen LogP contribution in [-0.2, 0) is 12.8 Å². The normalized spacial score (nSPS) is 25.3. The Kier molecular flexibility index (Phi) is 5.19. The third-order valence-corrected chi connectivity index (χ3v) is 6.52. The molecule has 2 atom stereocenters. The van der Waals surface area contributed by atoms with Crippen LogP contribution in [-0.4, -0.2) is 45.8 Å². The zero-order valence-corrected chi connectivity index (χ0v) is 16.8. The molecule has 28 heavy (non-hydrogen) atoms. The number of carbonyl (C=O) groups is 1. The predicted octanol–water partition coefficient (Wildman–Crippen LogP) is 3.28. The summed E-state index contributed by atoms with van der Waals surface area (Å²) in [6.45, 7) is 0. The van der Waals surface area contributed by atoms with E-state index in [1.54, 1.807) is 12.1 Å². The maximum Gasteiger partial charge on any atom is 0.274 e. The van der Waals surface area contributed by atoms with E-state index in [2.05, 4.69) is 10.4 Å². The van der Waals surface area contributed by atoms with Gasteiger partial charge in [-0.2, -0.15) is 5.10 Å². The molecule has 2 aromatic rings. The van der Waals surface area contributed by atoms with Gasteiger partial charge in [0, 0.05) is 36.4 Å². The topological polar surface area (TPSA) is 50.2 Å². The lowest BCUT2D eigenvalue weighted by atomic mass is 9.98. The lowest BCUT2D eigenvalue weighted by Gasteiger charge is -2.35. The molecule has 3 aliphatic rings. The first-order valence-electron chi connectivity index (χ1n) is 10.00. The van der Waals surface area contributed by atoms with Crippen LogP contribution < -0.4 is 5.32 Å². The highest BCUT2D eigenvalue weighted by molar-refractivity contribution is 5.94. The fourth-order valence-electron chi connectivity index (χ4n) is 5.08. The fourth-order valence-corrected chi connectivity index (χ4v) is 5.08. The van der Waals surface area contributed by atoms with Gasteiger partial charge in [-0.3, -0.25) is 4.79 Å². The molecular weight excluding hydrogens is 379 g/mol. The van der Waals surface area contributed by atoms with Crippen LogP contribution in [0.5, 0.6) is 0 Å². The summed E-state index contributed by atoms with van der Waals surface area (Å²) in [4.78, 5) is 15.2. The summed E-state index contributed by atoms with van der Waals surface area (Å²) in [5.41, 5.74) is 3.58. The Bertz CT molecular complexity index is 869. The van der Waals surface area contributed by atoms with Gasteiger partial charge in [0.2, 0.25) is 0 Å². The Hall–Kier alpha value is -1.92. The molecule has 1 aliphatic carbocycles. The van der Waals surface area contributed by atoms with Crippen molar-refractivity contribution in [1.82, 2.24) is 20.0 Å². The third kappa shape index (κ3) is 3.22. The molecule has 3 heterocycles. The molecule has 0 radical (unpaired) electrons. The summed E-state index contributed by atoms with van der Waals surface area (Å²) in [6.07, 6.45) is 7.34. The van der Waals surface area contributed by atoms with E-state index < -0.39 is 0 Å². The smallest absolute Gasteiger partial charge is 0.274 e. The number of carbonyl (C=O) groups excluding carboxylic acids is 1. The first kappa shape index (κ1) is 19.4. The molecule has 1 aromatic carbocycles. The molecule has 5 nitrogen and oxygen atoms in total. The van der Waals surface area contributed by atoms with E-state index in [0.29, 0.717) is 17.8 Å². The molecule has 2 unspecified atom stereocenters. The Morgan fingerprint density at radius 1 is 1.18 bits per heavy atom. The second-order valence-corrected chi connectivity index (χ2v) is 8.19. The van der Waals surface area contributed by atoms with Gasteiger partial charge in [0.25, 0.3) is 5.91 Å². The first-order chi connectivity index (χ1) is 13.1. The maximum atomic E-state index is 13.3. The number of amides is 1. The molecule has 2 aliphatic heterocycles. The van der Waals surface area contributed by atoms with Gasteiger partial charge in [-0.1, -0.05) is 0 Å². The van der Waals surface area contributed by atoms with E-state index in [-0.39, 0.29) is 30.2 Å². The largest absolute Gasteiger partial charge is 0.337 e. The van der Waals surface area contributed by atoms with Crippen LogP contribution >= 0.6 is 12.4 Å². The lowest BCUT2D eigenvalue weighted by Crippen LogP contribution is -2.48. The molecule has 0 spiro atoms. The van der Waals surface area contributed by atoms with Gasteiger partial charge in [-0.25, -0.2) is 9.07 Å². The number of hydrogen-bond acceptors (Lipinski definition) is 3. The number of nitrogens with one attached hydrogen (secondary N) is 1. The molecule has 5 rings (SSSR count). The quantitative estimate of drug-likeness (QED) is 0.854. The highest BCUT2D eigenvalue weighted by Gasteiger charge is 2.38. The van der Waals surface area contributed by atoms with Crippen molar-refractivity contribution in [2.75, 3.05) is 7.05 Å². The van der Waals surface area contributed by atoms with Gasteiger partial charge >= 0.3 is 0 Å². The number of piperidine rings is 1. The molecule has 0 saturated carbocycles. The maximum absolute atomic E-state index is 13.3. The Labute approximate surface area is 170 Å². The highest BCUT2D eigenvalue weighted by atomic mass is 35.5. The summed E-state index contributed by atoms with van der Waals surface area (Å²) < 4.78 is 15.1. The van der Waals surface area contributed by atoms with E-state index in [4.69, 9.17) is 0 Å². The number of hydrogen-bond donors (Lipinski definition) is 1. The molecule has 1 N–H and O–H groups in total. The van der Waals surface area contributed by atoms with Crippen molar-refractivity contribution in [3.05, 3.63) is 47.0 Å². The van der Waals surface area contributed by atoms with E-state index >= 15 is 0 Å². The van der Waals surface area contributed by atoms with E-state index in [9.17, 15) is 9.18 Å². The molecule has 1 aromatic heterocycles. The number of halogens is 2. The van der Waals surface area contributed by atoms with Crippen LogP contribution in [0.1, 0.15) is 53.8 Å². The Morgan fingerprint density at radius 2 is 1.86 bits per heavy atom. The van der Waals surface area contributed by atoms with Crippen molar-refractivity contribution >= 4 is 18.3 Å². The minimum Gasteiger partial charge on any atom is -0.337 e. The Morgan fingerprint density at radius 3 is 2.54 bits per heavy atom. The first-order valence-corrected chi connectivity index (χ1v) is 10.00. The van der Waals surface area contributed by atoms with Crippen LogP contribution in [0.3, 0.4) is 0 Å². The average molecular weight is 405 g/mol. The van der Waals surface area contributed by atoms with Gasteiger partial charge in [0.05, 0.1) is 5.69 Å². The van der Waals surface area contributed by atoms with Crippen molar-refractivity contribution in [2.45, 2.75) is 63.1 Å². The molecule has 7 heteroatoms. The summed E-state index contributed by atoms with van der Waals surface area (Å²) >= 11 is 0. The third-order valence-electron chi connectivity index (χ3n) is 6.52. The summed E-state index contributed by atoms with van der Waals surface area (Å²) in [7, 11) is 1.93. The zero-order chi connectivity index (χ0) is 18.5. The second-order valence-electron chi connectivity index (χ2n) is 8.19. The van der Waals surface area contributed by atoms with E-state index in [0.717, 1.165) is 49.0 Å². The van der Waals surface area contributed by atoms with Crippen LogP contribution in [0.2, 0.25) is 0 Å². The number of benzene rings is 1. The van der Waals surface area contributed by atoms with Crippen molar-refractivity contribution < 1.29 is 9.18 Å². The summed E-state index contributed by atoms with van der Waals surface area (Å²) in [5.74, 6) is -0.237. The van der Waals surface area contributed by atoms with Crippen molar-refractivity contribution in [3.8, 4) is 5.69 Å². The van der Waals surface area contributed by atoms with Gasteiger partial charge in [-0.15, -0.1) is 12.4 Å². The summed E-state index contributed by atoms with van der Waals surface area (Å²) in [6, 6.07) is 7.71. The number of aromatic nitrogens is 2. The standard InChI is InChI=1S/C21H25FN4O.ClH/c1-25(17-11-14-7-8-15(12-17)23-14)21(27)20-18-3-2-4-19(18)26(24-20)16-9-5-13(22)6-10-16;/h5-6,9-10,14-15,17,23H,2-4,7-8,11-12H2,1H3;1H. The molecule has 2 fully saturated rings. The highest BCUT2D eigenvalue weighted by Crippen LogP contribution is 2.32. The molecule has 2 saturated heterocycles. The number of rotatable bonds is 3. The fraction of sp³-hybridized carbons (Fsp3) is 0.524. The average Bonchev–Trinajstić information content (AvgIpc) is 3.36. The number of fused-ring (bicyclic) bond motifs is 3. The second kappa shape index (κ2) is 7.48. The van der Waals surface area contributed by atoms with Gasteiger partial charge in [0.1, 0.15) is 5.82 Å². The lowest BCUT2D eigenvalue weighted by molar-refractivity contribution is 0.0674. The zero-order valence-electron chi connectivity index (χ0n) is 16.0. The number of nitrogens with zero attached hydrogens (tertiary/aromatic N) is 3. The van der Waals surface area contributed by atoms with Gasteiger partial charge in [-0.05, 0) is 69.2 Å². The summed E-state index contributed by atoms with van der Waals surface area (Å²) in [5, 5.41) is 8.33. The molecule has 2 bridgehead atoms. The van der Waals surface area contributed by atoms with Crippen molar-refractivity contribution in [3.63, 3.8) is 0 Å². The van der Waals surface area contributed by atoms with E-state index in [1.165, 1.54) is 25.0 Å². The van der Waals surface area contributed by atoms with Crippen LogP contribution in [0.25, 0.3) is 5.69 Å². The van der Waals surface area contributed by atoms with Gasteiger partial charge in [0.15, 0.2) is 5.69 Å². The van der Waals surface area contributed by atoms with Crippen LogP contribution in [0, 0.1) is 5.82 Å². The van der Waals surface area contributed by atoms with Crippen LogP contribution in [0.15, 0.2) is 24.3 Å². The SMILES string of the molecule is CN(C(=O)c1nn(-c2ccc(F)cc2)c2c1CCC2)C1CC2CCC(C1)N2.Cl. The molecule has 1 amide bonds. The van der Waals surface area contributed by atoms with Gasteiger partial charge < -0.3 is 10.2 Å². The minimum atomic E-state index is -0.265. The predicted molar refractivity (Wildman–Crippen MR) is 108 cm³/mol. The molecule has 150 valence electrons. The Balaban J connectivity index is 0.00000192. The monoisotopic (exact) mass is 404 g/mol. The van der Waals surface area contributed by atoms with Crippen molar-refractivity contribution in [2.24, 2.45) is 0 Å². The van der Waals surface area contributed by atoms with Crippen molar-refractivity contribution in [1.29, 1.82) is 0 Å². The van der Waals surface area contributed by atoms with E-state index in [1.807, 2.05) is 16.6 Å². The minimum absolute atomic E-state index is 0.